The molecular formula is C4H5BN4O3. The van der Waals surface area contributed by atoms with Gasteiger partial charge >= 0.3 is 12.1 Å². The highest BCUT2D eigenvalue weighted by atomic mass is 16.2. The highest BCUT2D eigenvalue weighted by Crippen LogP contribution is 1.98. The monoisotopic (exact) mass is 168 g/mol. The molecule has 0 spiro atoms. The summed E-state index contributed by atoms with van der Waals surface area (Å²) in [6.45, 7) is 0. The number of hydrogen-bond donors (Lipinski definition) is 3. The van der Waals surface area contributed by atoms with E-state index in [1.54, 1.807) is 0 Å². The Morgan fingerprint density at radius 2 is 2.25 bits per heavy atom. The smallest absolute Gasteiger partial charge is 0.314 e. The summed E-state index contributed by atoms with van der Waals surface area (Å²) >= 11 is 0. The Labute approximate surface area is 68.7 Å². The molecule has 1 aliphatic heterocycles. The van der Waals surface area contributed by atoms with Crippen LogP contribution in [0, 0.1) is 0 Å². The fraction of sp³-hybridized carbons (Fsp3) is 0.250. The zero-order valence-electron chi connectivity index (χ0n) is 5.90. The predicted octanol–water partition coefficient (Wildman–Crippen LogP) is -2.38. The molecule has 0 aromatic carbocycles. The molecular weight excluding hydrogens is 163 g/mol. The molecule has 1 atom stereocenters. The minimum atomic E-state index is -1.15. The van der Waals surface area contributed by atoms with Gasteiger partial charge in [-0.1, -0.05) is 0 Å². The first kappa shape index (κ1) is 8.37. The number of urea groups is 2. The van der Waals surface area contributed by atoms with E-state index in [1.165, 1.54) is 0 Å². The van der Waals surface area contributed by atoms with Crippen LogP contribution in [-0.2, 0) is 4.79 Å². The van der Waals surface area contributed by atoms with Gasteiger partial charge in [0.05, 0.1) is 0 Å². The third-order valence-electron chi connectivity index (χ3n) is 1.26. The second-order valence-electron chi connectivity index (χ2n) is 2.10. The molecule has 0 bridgehead atoms. The van der Waals surface area contributed by atoms with Crippen LogP contribution in [0.4, 0.5) is 9.59 Å². The standard InChI is InChI=1S/C4H5BN4O3/c5-9-2(10)1(7-3(6)11)8-4(9)12/h1H,(H,8,12)(H3,6,7,11). The molecule has 0 aromatic heterocycles. The molecule has 8 heteroatoms. The molecule has 2 radical (unpaired) electrons. The molecule has 1 saturated heterocycles. The lowest BCUT2D eigenvalue weighted by Gasteiger charge is -2.07. The lowest BCUT2D eigenvalue weighted by molar-refractivity contribution is -0.124. The quantitative estimate of drug-likeness (QED) is 0.300. The van der Waals surface area contributed by atoms with E-state index in [2.05, 4.69) is 5.32 Å². The van der Waals surface area contributed by atoms with E-state index >= 15 is 0 Å². The van der Waals surface area contributed by atoms with E-state index < -0.39 is 24.1 Å². The van der Waals surface area contributed by atoms with Crippen LogP contribution in [0.2, 0.25) is 0 Å². The summed E-state index contributed by atoms with van der Waals surface area (Å²) in [6.07, 6.45) is -1.15. The fourth-order valence-corrected chi connectivity index (χ4v) is 0.734. The Hall–Kier alpha value is -1.73. The first-order chi connectivity index (χ1) is 5.52. The number of primary amides is 1. The average Bonchev–Trinajstić information content (AvgIpc) is 2.17. The average molecular weight is 168 g/mol. The lowest BCUT2D eigenvalue weighted by atomic mass is 10.3. The number of rotatable bonds is 1. The van der Waals surface area contributed by atoms with Crippen LogP contribution < -0.4 is 16.4 Å². The van der Waals surface area contributed by atoms with Crippen molar-refractivity contribution >= 4 is 26.0 Å². The molecule has 0 aromatic rings. The number of imide groups is 1. The van der Waals surface area contributed by atoms with Crippen molar-refractivity contribution < 1.29 is 14.4 Å². The van der Waals surface area contributed by atoms with Crippen molar-refractivity contribution in [2.45, 2.75) is 6.17 Å². The van der Waals surface area contributed by atoms with Gasteiger partial charge in [-0.3, -0.25) is 4.79 Å². The van der Waals surface area contributed by atoms with Crippen molar-refractivity contribution in [3.8, 4) is 0 Å². The zero-order chi connectivity index (χ0) is 9.30. The molecule has 1 fully saturated rings. The molecule has 7 nitrogen and oxygen atoms in total. The molecule has 62 valence electrons. The van der Waals surface area contributed by atoms with Gasteiger partial charge in [0.25, 0.3) is 5.91 Å². The van der Waals surface area contributed by atoms with Gasteiger partial charge in [-0.25, -0.2) is 9.59 Å². The Bertz CT molecular complexity index is 253. The first-order valence-electron chi connectivity index (χ1n) is 2.97. The Balaban J connectivity index is 2.65. The van der Waals surface area contributed by atoms with Crippen LogP contribution in [0.25, 0.3) is 0 Å². The molecule has 1 heterocycles. The fourth-order valence-electron chi connectivity index (χ4n) is 0.734. The van der Waals surface area contributed by atoms with Gasteiger partial charge in [0.15, 0.2) is 6.17 Å². The summed E-state index contributed by atoms with van der Waals surface area (Å²) in [5.74, 6) is -0.751. The predicted molar refractivity (Wildman–Crippen MR) is 37.6 cm³/mol. The Morgan fingerprint density at radius 3 is 2.58 bits per heavy atom. The van der Waals surface area contributed by atoms with Gasteiger partial charge in [-0.15, -0.1) is 0 Å². The molecule has 1 rings (SSSR count). The summed E-state index contributed by atoms with van der Waals surface area (Å²) in [6, 6.07) is -1.69. The van der Waals surface area contributed by atoms with Gasteiger partial charge in [0.2, 0.25) is 7.98 Å². The maximum Gasteiger partial charge on any atom is 0.314 e. The summed E-state index contributed by atoms with van der Waals surface area (Å²) < 4.78 is 0. The first-order valence-corrected chi connectivity index (χ1v) is 2.97. The van der Waals surface area contributed by atoms with Crippen LogP contribution in [-0.4, -0.2) is 36.9 Å². The van der Waals surface area contributed by atoms with Crippen LogP contribution in [0.5, 0.6) is 0 Å². The Morgan fingerprint density at radius 1 is 1.67 bits per heavy atom. The van der Waals surface area contributed by atoms with E-state index in [0.717, 1.165) is 0 Å². The second-order valence-corrected chi connectivity index (χ2v) is 2.10. The molecule has 0 aliphatic carbocycles. The molecule has 0 saturated carbocycles. The normalized spacial score (nSPS) is 22.3. The summed E-state index contributed by atoms with van der Waals surface area (Å²) in [7, 11) is 4.97. The lowest BCUT2D eigenvalue weighted by Crippen LogP contribution is -2.48. The minimum absolute atomic E-state index is 0.362. The van der Waals surface area contributed by atoms with Crippen molar-refractivity contribution in [2.75, 3.05) is 0 Å². The molecule has 12 heavy (non-hydrogen) atoms. The highest BCUT2D eigenvalue weighted by molar-refractivity contribution is 6.28. The molecule has 1 unspecified atom stereocenters. The molecule has 1 aliphatic rings. The highest BCUT2D eigenvalue weighted by Gasteiger charge is 2.35. The number of nitrogens with zero attached hydrogens (tertiary/aromatic N) is 1. The van der Waals surface area contributed by atoms with Crippen LogP contribution in [0.1, 0.15) is 0 Å². The van der Waals surface area contributed by atoms with Crippen molar-refractivity contribution in [3.05, 3.63) is 0 Å². The van der Waals surface area contributed by atoms with Gasteiger partial charge in [0.1, 0.15) is 0 Å². The van der Waals surface area contributed by atoms with Gasteiger partial charge in [-0.2, -0.15) is 0 Å². The van der Waals surface area contributed by atoms with Crippen molar-refractivity contribution in [1.82, 2.24) is 15.4 Å². The van der Waals surface area contributed by atoms with Crippen molar-refractivity contribution in [3.63, 3.8) is 0 Å². The molecule has 5 amide bonds. The number of hydrogen-bond acceptors (Lipinski definition) is 3. The topological polar surface area (TPSA) is 105 Å². The number of nitrogens with one attached hydrogen (secondary N) is 2. The maximum atomic E-state index is 10.9. The Kier molecular flexibility index (Phi) is 1.90. The van der Waals surface area contributed by atoms with Crippen molar-refractivity contribution in [2.24, 2.45) is 5.73 Å². The van der Waals surface area contributed by atoms with E-state index in [-0.39, 0.29) is 0 Å². The maximum absolute atomic E-state index is 10.9. The minimum Gasteiger partial charge on any atom is -0.352 e. The van der Waals surface area contributed by atoms with E-state index in [1.807, 2.05) is 5.32 Å². The van der Waals surface area contributed by atoms with E-state index in [9.17, 15) is 14.4 Å². The SMILES string of the molecule is [B]N1C(=O)NC(NC(N)=O)C1=O. The number of carbonyl (C=O) groups excluding carboxylic acids is 3. The van der Waals surface area contributed by atoms with Gasteiger partial charge in [0, 0.05) is 0 Å². The summed E-state index contributed by atoms with van der Waals surface area (Å²) in [5, 5.41) is 4.07. The largest absolute Gasteiger partial charge is 0.352 e. The number of carbonyl (C=O) groups is 3. The van der Waals surface area contributed by atoms with E-state index in [0.29, 0.717) is 4.81 Å². The summed E-state index contributed by atoms with van der Waals surface area (Å²) in [5.41, 5.74) is 4.71. The second kappa shape index (κ2) is 2.72. The third kappa shape index (κ3) is 1.31. The van der Waals surface area contributed by atoms with E-state index in [4.69, 9.17) is 13.7 Å². The number of nitrogens with two attached hydrogens (primary N) is 1. The third-order valence-corrected chi connectivity index (χ3v) is 1.26. The van der Waals surface area contributed by atoms with Crippen LogP contribution in [0.3, 0.4) is 0 Å². The van der Waals surface area contributed by atoms with Gasteiger partial charge in [-0.05, 0) is 0 Å². The summed E-state index contributed by atoms with van der Waals surface area (Å²) in [4.78, 5) is 32.2. The zero-order valence-corrected chi connectivity index (χ0v) is 5.90. The molecule has 4 N–H and O–H groups in total. The number of amides is 5. The van der Waals surface area contributed by atoms with Crippen molar-refractivity contribution in [1.29, 1.82) is 0 Å². The van der Waals surface area contributed by atoms with Crippen LogP contribution in [0.15, 0.2) is 0 Å². The van der Waals surface area contributed by atoms with Crippen LogP contribution >= 0.6 is 0 Å². The van der Waals surface area contributed by atoms with Gasteiger partial charge < -0.3 is 21.2 Å².